The predicted octanol–water partition coefficient (Wildman–Crippen LogP) is 4.16. The molecule has 1 aromatic heterocycles. The van der Waals surface area contributed by atoms with Gasteiger partial charge in [0.15, 0.2) is 5.16 Å². The molecular formula is C21H21N3O2S. The summed E-state index contributed by atoms with van der Waals surface area (Å²) in [6, 6.07) is 15.3. The van der Waals surface area contributed by atoms with Crippen LogP contribution < -0.4 is 10.9 Å². The van der Waals surface area contributed by atoms with Crippen LogP contribution in [0.1, 0.15) is 31.4 Å². The van der Waals surface area contributed by atoms with Gasteiger partial charge in [0.2, 0.25) is 5.91 Å². The first-order valence-corrected chi connectivity index (χ1v) is 9.96. The van der Waals surface area contributed by atoms with Crippen molar-refractivity contribution < 1.29 is 4.79 Å². The fourth-order valence-electron chi connectivity index (χ4n) is 2.96. The molecule has 0 saturated heterocycles. The number of para-hydroxylation sites is 1. The molecule has 3 aromatic rings. The highest BCUT2D eigenvalue weighted by atomic mass is 32.2. The zero-order valence-electron chi connectivity index (χ0n) is 15.3. The number of amides is 1. The molecule has 0 unspecified atom stereocenters. The first-order valence-electron chi connectivity index (χ1n) is 9.08. The molecule has 1 aliphatic rings. The van der Waals surface area contributed by atoms with Gasteiger partial charge >= 0.3 is 0 Å². The molecule has 5 nitrogen and oxygen atoms in total. The zero-order valence-corrected chi connectivity index (χ0v) is 16.1. The maximum atomic E-state index is 12.9. The van der Waals surface area contributed by atoms with Crippen LogP contribution in [0.25, 0.3) is 10.9 Å². The third-order valence-electron chi connectivity index (χ3n) is 4.66. The molecule has 0 aliphatic heterocycles. The lowest BCUT2D eigenvalue weighted by Crippen LogP contribution is -2.26. The van der Waals surface area contributed by atoms with Crippen LogP contribution in [0.5, 0.6) is 0 Å². The minimum Gasteiger partial charge on any atom is -0.325 e. The van der Waals surface area contributed by atoms with E-state index in [-0.39, 0.29) is 22.8 Å². The van der Waals surface area contributed by atoms with E-state index < -0.39 is 0 Å². The Bertz CT molecular complexity index is 1060. The molecule has 138 valence electrons. The van der Waals surface area contributed by atoms with E-state index in [0.29, 0.717) is 16.1 Å². The SMILES string of the molecule is Cc1ccc(NC(=O)[C@@H](C)Sc2nc3ccccc3c(=O)n2C2CC2)cc1. The van der Waals surface area contributed by atoms with Gasteiger partial charge in [0.05, 0.1) is 16.2 Å². The quantitative estimate of drug-likeness (QED) is 0.534. The number of nitrogens with one attached hydrogen (secondary N) is 1. The molecule has 0 bridgehead atoms. The first-order chi connectivity index (χ1) is 13.0. The molecule has 0 spiro atoms. The van der Waals surface area contributed by atoms with E-state index in [0.717, 1.165) is 24.1 Å². The lowest BCUT2D eigenvalue weighted by atomic mass is 10.2. The Hall–Kier alpha value is -2.60. The Balaban J connectivity index is 1.60. The minimum absolute atomic E-state index is 0.0169. The molecule has 0 radical (unpaired) electrons. The van der Waals surface area contributed by atoms with Crippen LogP contribution in [-0.2, 0) is 4.79 Å². The van der Waals surface area contributed by atoms with Gasteiger partial charge < -0.3 is 5.32 Å². The smallest absolute Gasteiger partial charge is 0.262 e. The number of aromatic nitrogens is 2. The second kappa shape index (κ2) is 7.19. The molecule has 2 aromatic carbocycles. The maximum Gasteiger partial charge on any atom is 0.262 e. The summed E-state index contributed by atoms with van der Waals surface area (Å²) in [4.78, 5) is 30.2. The van der Waals surface area contributed by atoms with Crippen molar-refractivity contribution in [3.63, 3.8) is 0 Å². The second-order valence-electron chi connectivity index (χ2n) is 6.93. The molecule has 1 N–H and O–H groups in total. The number of fused-ring (bicyclic) bond motifs is 1. The topological polar surface area (TPSA) is 64.0 Å². The minimum atomic E-state index is -0.371. The van der Waals surface area contributed by atoms with Gasteiger partial charge in [-0.1, -0.05) is 41.6 Å². The number of hydrogen-bond acceptors (Lipinski definition) is 4. The first kappa shape index (κ1) is 17.8. The number of nitrogens with zero attached hydrogens (tertiary/aromatic N) is 2. The Morgan fingerprint density at radius 1 is 1.19 bits per heavy atom. The van der Waals surface area contributed by atoms with Crippen molar-refractivity contribution in [2.45, 2.75) is 43.1 Å². The van der Waals surface area contributed by atoms with Crippen LogP contribution in [0.15, 0.2) is 58.5 Å². The van der Waals surface area contributed by atoms with Crippen LogP contribution in [0.2, 0.25) is 0 Å². The number of benzene rings is 2. The Morgan fingerprint density at radius 2 is 1.89 bits per heavy atom. The number of carbonyl (C=O) groups is 1. The van der Waals surface area contributed by atoms with Crippen molar-refractivity contribution in [2.75, 3.05) is 5.32 Å². The van der Waals surface area contributed by atoms with Crippen LogP contribution in [0.4, 0.5) is 5.69 Å². The van der Waals surface area contributed by atoms with Gasteiger partial charge in [0, 0.05) is 11.7 Å². The number of hydrogen-bond donors (Lipinski definition) is 1. The van der Waals surface area contributed by atoms with Gasteiger partial charge in [-0.3, -0.25) is 14.2 Å². The molecule has 27 heavy (non-hydrogen) atoms. The van der Waals surface area contributed by atoms with E-state index in [2.05, 4.69) is 10.3 Å². The fourth-order valence-corrected chi connectivity index (χ4v) is 3.93. The summed E-state index contributed by atoms with van der Waals surface area (Å²) in [5, 5.41) is 3.81. The summed E-state index contributed by atoms with van der Waals surface area (Å²) in [6.07, 6.45) is 1.97. The number of carbonyl (C=O) groups excluding carboxylic acids is 1. The van der Waals surface area contributed by atoms with Crippen molar-refractivity contribution >= 4 is 34.3 Å². The second-order valence-corrected chi connectivity index (χ2v) is 8.24. The van der Waals surface area contributed by atoms with Gasteiger partial charge in [0.25, 0.3) is 5.56 Å². The van der Waals surface area contributed by atoms with E-state index in [1.54, 1.807) is 4.57 Å². The highest BCUT2D eigenvalue weighted by Gasteiger charge is 2.30. The third-order valence-corrected chi connectivity index (χ3v) is 5.72. The fraction of sp³-hybridized carbons (Fsp3) is 0.286. The number of rotatable bonds is 5. The van der Waals surface area contributed by atoms with E-state index in [1.165, 1.54) is 11.8 Å². The molecule has 1 saturated carbocycles. The van der Waals surface area contributed by atoms with Crippen molar-refractivity contribution in [1.29, 1.82) is 0 Å². The highest BCUT2D eigenvalue weighted by Crippen LogP contribution is 2.37. The van der Waals surface area contributed by atoms with Crippen LogP contribution >= 0.6 is 11.8 Å². The largest absolute Gasteiger partial charge is 0.325 e. The summed E-state index contributed by atoms with van der Waals surface area (Å²) in [5.74, 6) is -0.103. The van der Waals surface area contributed by atoms with Gasteiger partial charge in [-0.15, -0.1) is 0 Å². The summed E-state index contributed by atoms with van der Waals surface area (Å²) in [5.41, 5.74) is 2.57. The summed E-state index contributed by atoms with van der Waals surface area (Å²) in [6.45, 7) is 3.85. The molecule has 1 heterocycles. The van der Waals surface area contributed by atoms with Gasteiger partial charge in [-0.25, -0.2) is 4.98 Å². The van der Waals surface area contributed by atoms with Crippen LogP contribution in [-0.4, -0.2) is 20.7 Å². The van der Waals surface area contributed by atoms with Crippen molar-refractivity contribution in [3.8, 4) is 0 Å². The summed E-state index contributed by atoms with van der Waals surface area (Å²) < 4.78 is 1.77. The standard InChI is InChI=1S/C21H21N3O2S/c1-13-7-9-15(10-8-13)22-19(25)14(2)27-21-23-18-6-4-3-5-17(18)20(26)24(21)16-11-12-16/h3-10,14,16H,11-12H2,1-2H3,(H,22,25)/t14-/m1/s1. The molecular weight excluding hydrogens is 358 g/mol. The zero-order chi connectivity index (χ0) is 19.0. The van der Waals surface area contributed by atoms with Gasteiger partial charge in [-0.05, 0) is 51.0 Å². The van der Waals surface area contributed by atoms with Gasteiger partial charge in [0.1, 0.15) is 0 Å². The molecule has 1 atom stereocenters. The van der Waals surface area contributed by atoms with Crippen molar-refractivity contribution in [3.05, 3.63) is 64.4 Å². The lowest BCUT2D eigenvalue weighted by molar-refractivity contribution is -0.115. The average molecular weight is 379 g/mol. The Labute approximate surface area is 161 Å². The Morgan fingerprint density at radius 3 is 2.59 bits per heavy atom. The average Bonchev–Trinajstić information content (AvgIpc) is 3.48. The molecule has 6 heteroatoms. The van der Waals surface area contributed by atoms with E-state index in [4.69, 9.17) is 0 Å². The summed E-state index contributed by atoms with van der Waals surface area (Å²) >= 11 is 1.34. The monoisotopic (exact) mass is 379 g/mol. The number of thioether (sulfide) groups is 1. The maximum absolute atomic E-state index is 12.9. The number of aryl methyl sites for hydroxylation is 1. The lowest BCUT2D eigenvalue weighted by Gasteiger charge is -2.16. The highest BCUT2D eigenvalue weighted by molar-refractivity contribution is 8.00. The molecule has 1 amide bonds. The predicted molar refractivity (Wildman–Crippen MR) is 109 cm³/mol. The van der Waals surface area contributed by atoms with Crippen molar-refractivity contribution in [2.24, 2.45) is 0 Å². The summed E-state index contributed by atoms with van der Waals surface area (Å²) in [7, 11) is 0. The van der Waals surface area contributed by atoms with Crippen LogP contribution in [0, 0.1) is 6.92 Å². The van der Waals surface area contributed by atoms with Crippen molar-refractivity contribution in [1.82, 2.24) is 9.55 Å². The van der Waals surface area contributed by atoms with E-state index in [9.17, 15) is 9.59 Å². The Kier molecular flexibility index (Phi) is 4.74. The molecule has 1 fully saturated rings. The van der Waals surface area contributed by atoms with E-state index >= 15 is 0 Å². The normalized spacial score (nSPS) is 14.9. The third kappa shape index (κ3) is 3.76. The molecule has 1 aliphatic carbocycles. The van der Waals surface area contributed by atoms with Gasteiger partial charge in [-0.2, -0.15) is 0 Å². The molecule has 4 rings (SSSR count). The number of anilines is 1. The van der Waals surface area contributed by atoms with E-state index in [1.807, 2.05) is 62.4 Å². The van der Waals surface area contributed by atoms with Crippen LogP contribution in [0.3, 0.4) is 0 Å².